The summed E-state index contributed by atoms with van der Waals surface area (Å²) in [6.45, 7) is 5.32. The van der Waals surface area contributed by atoms with Crippen LogP contribution in [0, 0.1) is 5.41 Å². The first-order chi connectivity index (χ1) is 9.29. The number of ether oxygens (including phenoxy) is 1. The molecule has 0 aromatic heterocycles. The normalized spacial score (nSPS) is 18.9. The van der Waals surface area contributed by atoms with Crippen molar-refractivity contribution in [3.05, 3.63) is 29.8 Å². The van der Waals surface area contributed by atoms with E-state index in [1.54, 1.807) is 26.8 Å². The zero-order chi connectivity index (χ0) is 14.9. The lowest BCUT2D eigenvalue weighted by molar-refractivity contribution is -0.146. The molecule has 5 nitrogen and oxygen atoms in total. The summed E-state index contributed by atoms with van der Waals surface area (Å²) < 4.78 is 5.56. The number of rotatable bonds is 3. The van der Waals surface area contributed by atoms with Crippen LogP contribution >= 0.6 is 0 Å². The van der Waals surface area contributed by atoms with Gasteiger partial charge < -0.3 is 15.2 Å². The second kappa shape index (κ2) is 5.15. The van der Waals surface area contributed by atoms with Crippen LogP contribution in [0.3, 0.4) is 0 Å². The number of benzene rings is 1. The van der Waals surface area contributed by atoms with Gasteiger partial charge in [0.25, 0.3) is 5.91 Å². The molecule has 0 aliphatic carbocycles. The molecular formula is C15H19NO4. The van der Waals surface area contributed by atoms with Crippen LogP contribution in [-0.2, 0) is 16.0 Å². The minimum absolute atomic E-state index is 0.386. The fourth-order valence-corrected chi connectivity index (χ4v) is 2.21. The number of carboxylic acids is 1. The van der Waals surface area contributed by atoms with E-state index in [4.69, 9.17) is 4.74 Å². The molecule has 0 bridgehead atoms. The largest absolute Gasteiger partial charge is 0.480 e. The lowest BCUT2D eigenvalue weighted by Crippen LogP contribution is -2.52. The first kappa shape index (κ1) is 14.4. The van der Waals surface area contributed by atoms with Gasteiger partial charge in [0.05, 0.1) is 0 Å². The molecule has 1 heterocycles. The van der Waals surface area contributed by atoms with Crippen molar-refractivity contribution in [2.75, 3.05) is 0 Å². The Labute approximate surface area is 117 Å². The molecule has 1 aliphatic rings. The van der Waals surface area contributed by atoms with Crippen LogP contribution in [0.2, 0.25) is 0 Å². The first-order valence-corrected chi connectivity index (χ1v) is 6.57. The third-order valence-electron chi connectivity index (χ3n) is 3.34. The second-order valence-electron chi connectivity index (χ2n) is 6.06. The van der Waals surface area contributed by atoms with Crippen LogP contribution in [0.1, 0.15) is 26.3 Å². The van der Waals surface area contributed by atoms with Crippen molar-refractivity contribution >= 4 is 11.9 Å². The Morgan fingerprint density at radius 1 is 1.35 bits per heavy atom. The summed E-state index contributed by atoms with van der Waals surface area (Å²) in [6, 6.07) is 6.50. The molecule has 1 aliphatic heterocycles. The van der Waals surface area contributed by atoms with E-state index in [-0.39, 0.29) is 5.91 Å². The number of amides is 1. The Bertz CT molecular complexity index is 508. The molecule has 0 fully saturated rings. The first-order valence-electron chi connectivity index (χ1n) is 6.57. The topological polar surface area (TPSA) is 75.6 Å². The number of nitrogens with one attached hydrogen (secondary N) is 1. The van der Waals surface area contributed by atoms with Crippen LogP contribution in [0.4, 0.5) is 0 Å². The van der Waals surface area contributed by atoms with Crippen molar-refractivity contribution in [2.24, 2.45) is 5.41 Å². The average Bonchev–Trinajstić information content (AvgIpc) is 2.77. The van der Waals surface area contributed by atoms with E-state index in [0.717, 1.165) is 5.56 Å². The van der Waals surface area contributed by atoms with E-state index in [2.05, 4.69) is 5.32 Å². The quantitative estimate of drug-likeness (QED) is 0.880. The number of hydrogen-bond acceptors (Lipinski definition) is 3. The molecule has 1 unspecified atom stereocenters. The van der Waals surface area contributed by atoms with E-state index < -0.39 is 23.5 Å². The molecule has 0 saturated carbocycles. The van der Waals surface area contributed by atoms with E-state index in [1.165, 1.54) is 0 Å². The van der Waals surface area contributed by atoms with Crippen LogP contribution < -0.4 is 10.1 Å². The summed E-state index contributed by atoms with van der Waals surface area (Å²) in [7, 11) is 0. The van der Waals surface area contributed by atoms with Crippen molar-refractivity contribution in [3.63, 3.8) is 0 Å². The predicted molar refractivity (Wildman–Crippen MR) is 73.6 cm³/mol. The number of carboxylic acid groups (broad SMARTS) is 1. The molecule has 2 N–H and O–H groups in total. The summed E-state index contributed by atoms with van der Waals surface area (Å²) in [5, 5.41) is 11.8. The highest BCUT2D eigenvalue weighted by atomic mass is 16.5. The zero-order valence-electron chi connectivity index (χ0n) is 11.8. The lowest BCUT2D eigenvalue weighted by atomic mass is 9.86. The van der Waals surface area contributed by atoms with Crippen LogP contribution in [0.15, 0.2) is 24.3 Å². The third kappa shape index (κ3) is 2.92. The van der Waals surface area contributed by atoms with E-state index in [1.807, 2.05) is 18.2 Å². The predicted octanol–water partition coefficient (Wildman–Crippen LogP) is 1.61. The van der Waals surface area contributed by atoms with Crippen LogP contribution in [-0.4, -0.2) is 29.1 Å². The molecule has 0 saturated heterocycles. The Balaban J connectivity index is 2.05. The van der Waals surface area contributed by atoms with Gasteiger partial charge in [-0.05, 0) is 17.0 Å². The molecule has 108 valence electrons. The van der Waals surface area contributed by atoms with Gasteiger partial charge in [-0.15, -0.1) is 0 Å². The number of carbonyl (C=O) groups is 2. The molecule has 2 atom stereocenters. The Hall–Kier alpha value is -2.04. The fraction of sp³-hybridized carbons (Fsp3) is 0.467. The molecule has 1 aromatic carbocycles. The third-order valence-corrected chi connectivity index (χ3v) is 3.34. The van der Waals surface area contributed by atoms with Crippen molar-refractivity contribution < 1.29 is 19.4 Å². The van der Waals surface area contributed by atoms with Gasteiger partial charge in [0.2, 0.25) is 0 Å². The molecule has 1 aromatic rings. The number of hydrogen-bond donors (Lipinski definition) is 2. The van der Waals surface area contributed by atoms with Crippen molar-refractivity contribution in [2.45, 2.75) is 39.3 Å². The molecule has 0 radical (unpaired) electrons. The van der Waals surface area contributed by atoms with Gasteiger partial charge in [0, 0.05) is 6.42 Å². The Kier molecular flexibility index (Phi) is 3.70. The standard InChI is InChI=1S/C15H19NO4/c1-15(2,3)12(14(18)19)16-13(17)11-8-9-6-4-5-7-10(9)20-11/h4-7,11-12H,8H2,1-3H3,(H,16,17)(H,18,19)/t11?,12-/m1/s1. The van der Waals surface area contributed by atoms with Crippen molar-refractivity contribution in [3.8, 4) is 5.75 Å². The minimum atomic E-state index is -1.04. The maximum atomic E-state index is 12.2. The highest BCUT2D eigenvalue weighted by Crippen LogP contribution is 2.28. The maximum absolute atomic E-state index is 12.2. The number of carbonyl (C=O) groups excluding carboxylic acids is 1. The van der Waals surface area contributed by atoms with Gasteiger partial charge in [0.15, 0.2) is 6.10 Å². The number of para-hydroxylation sites is 1. The van der Waals surface area contributed by atoms with Gasteiger partial charge >= 0.3 is 5.97 Å². The summed E-state index contributed by atoms with van der Waals surface area (Å²) in [6.07, 6.45) is -0.185. The number of fused-ring (bicyclic) bond motifs is 1. The molecule has 5 heteroatoms. The SMILES string of the molecule is CC(C)(C)[C@H](NC(=O)C1Cc2ccccc2O1)C(=O)O. The fourth-order valence-electron chi connectivity index (χ4n) is 2.21. The average molecular weight is 277 g/mol. The van der Waals surface area contributed by atoms with E-state index >= 15 is 0 Å². The van der Waals surface area contributed by atoms with E-state index in [0.29, 0.717) is 12.2 Å². The molecule has 0 spiro atoms. The monoisotopic (exact) mass is 277 g/mol. The molecular weight excluding hydrogens is 258 g/mol. The van der Waals surface area contributed by atoms with Crippen LogP contribution in [0.25, 0.3) is 0 Å². The second-order valence-corrected chi connectivity index (χ2v) is 6.06. The highest BCUT2D eigenvalue weighted by Gasteiger charge is 2.36. The smallest absolute Gasteiger partial charge is 0.326 e. The Morgan fingerprint density at radius 3 is 2.55 bits per heavy atom. The molecule has 1 amide bonds. The maximum Gasteiger partial charge on any atom is 0.326 e. The van der Waals surface area contributed by atoms with Crippen LogP contribution in [0.5, 0.6) is 5.75 Å². The summed E-state index contributed by atoms with van der Waals surface area (Å²) >= 11 is 0. The van der Waals surface area contributed by atoms with Crippen molar-refractivity contribution in [1.82, 2.24) is 5.32 Å². The van der Waals surface area contributed by atoms with Gasteiger partial charge in [-0.1, -0.05) is 39.0 Å². The molecule has 20 heavy (non-hydrogen) atoms. The molecule has 2 rings (SSSR count). The van der Waals surface area contributed by atoms with Gasteiger partial charge in [-0.25, -0.2) is 4.79 Å². The van der Waals surface area contributed by atoms with Gasteiger partial charge in [-0.2, -0.15) is 0 Å². The van der Waals surface area contributed by atoms with Crippen molar-refractivity contribution in [1.29, 1.82) is 0 Å². The lowest BCUT2D eigenvalue weighted by Gasteiger charge is -2.28. The van der Waals surface area contributed by atoms with E-state index in [9.17, 15) is 14.7 Å². The summed E-state index contributed by atoms with van der Waals surface area (Å²) in [5.74, 6) is -0.736. The Morgan fingerprint density at radius 2 is 2.00 bits per heavy atom. The van der Waals surface area contributed by atoms with Gasteiger partial charge in [-0.3, -0.25) is 4.79 Å². The summed E-state index contributed by atoms with van der Waals surface area (Å²) in [5.41, 5.74) is 0.405. The minimum Gasteiger partial charge on any atom is -0.480 e. The highest BCUT2D eigenvalue weighted by molar-refractivity contribution is 5.87. The summed E-state index contributed by atoms with van der Waals surface area (Å²) in [4.78, 5) is 23.4. The van der Waals surface area contributed by atoms with Gasteiger partial charge in [0.1, 0.15) is 11.8 Å². The number of aliphatic carboxylic acids is 1. The zero-order valence-corrected chi connectivity index (χ0v) is 11.8.